The van der Waals surface area contributed by atoms with Crippen molar-refractivity contribution in [1.82, 2.24) is 10.2 Å². The zero-order valence-electron chi connectivity index (χ0n) is 12.0. The Labute approximate surface area is 102 Å². The molecule has 0 amide bonds. The number of nitrogens with one attached hydrogen (secondary N) is 1. The summed E-state index contributed by atoms with van der Waals surface area (Å²) in [5, 5.41) is 3.57. The predicted octanol–water partition coefficient (Wildman–Crippen LogP) is 2.88. The third-order valence-electron chi connectivity index (χ3n) is 4.31. The van der Waals surface area contributed by atoms with Gasteiger partial charge in [-0.15, -0.1) is 0 Å². The van der Waals surface area contributed by atoms with Crippen LogP contribution >= 0.6 is 0 Å². The average molecular weight is 226 g/mol. The quantitative estimate of drug-likeness (QED) is 0.793. The van der Waals surface area contributed by atoms with Crippen molar-refractivity contribution < 1.29 is 0 Å². The smallest absolute Gasteiger partial charge is 0.0271 e. The highest BCUT2D eigenvalue weighted by molar-refractivity contribution is 4.97. The van der Waals surface area contributed by atoms with Gasteiger partial charge in [0.05, 0.1) is 0 Å². The second-order valence-electron chi connectivity index (χ2n) is 6.14. The number of hydrogen-bond donors (Lipinski definition) is 1. The number of likely N-dealkylation sites (N-methyl/N-ethyl adjacent to an activating group) is 2. The molecule has 0 saturated heterocycles. The maximum absolute atomic E-state index is 3.57. The van der Waals surface area contributed by atoms with E-state index in [4.69, 9.17) is 0 Å². The van der Waals surface area contributed by atoms with Gasteiger partial charge in [-0.2, -0.15) is 0 Å². The van der Waals surface area contributed by atoms with Crippen molar-refractivity contribution in [3.8, 4) is 0 Å². The first kappa shape index (κ1) is 14.0. The van der Waals surface area contributed by atoms with Gasteiger partial charge < -0.3 is 5.32 Å². The van der Waals surface area contributed by atoms with E-state index in [1.165, 1.54) is 19.3 Å². The highest BCUT2D eigenvalue weighted by atomic mass is 15.2. The fourth-order valence-corrected chi connectivity index (χ4v) is 3.53. The van der Waals surface area contributed by atoms with E-state index in [1.807, 2.05) is 0 Å². The summed E-state index contributed by atoms with van der Waals surface area (Å²) in [4.78, 5) is 2.65. The molecule has 1 aliphatic rings. The van der Waals surface area contributed by atoms with E-state index in [0.29, 0.717) is 23.5 Å². The van der Waals surface area contributed by atoms with Crippen LogP contribution in [0, 0.1) is 5.41 Å². The highest BCUT2D eigenvalue weighted by Crippen LogP contribution is 2.38. The minimum atomic E-state index is 0.431. The van der Waals surface area contributed by atoms with E-state index < -0.39 is 0 Å². The Bertz CT molecular complexity index is 211. The zero-order valence-corrected chi connectivity index (χ0v) is 12.0. The van der Waals surface area contributed by atoms with Gasteiger partial charge in [0.15, 0.2) is 0 Å². The molecule has 96 valence electrons. The molecule has 16 heavy (non-hydrogen) atoms. The van der Waals surface area contributed by atoms with Crippen molar-refractivity contribution in [3.63, 3.8) is 0 Å². The normalized spacial score (nSPS) is 30.0. The van der Waals surface area contributed by atoms with Gasteiger partial charge in [-0.25, -0.2) is 0 Å². The maximum atomic E-state index is 3.57. The summed E-state index contributed by atoms with van der Waals surface area (Å²) in [6.07, 6.45) is 4.07. The Hall–Kier alpha value is -0.0800. The first-order valence-corrected chi connectivity index (χ1v) is 6.87. The fraction of sp³-hybridized carbons (Fsp3) is 1.00. The van der Waals surface area contributed by atoms with Crippen LogP contribution in [-0.4, -0.2) is 36.6 Å². The summed E-state index contributed by atoms with van der Waals surface area (Å²) in [7, 11) is 2.12. The lowest BCUT2D eigenvalue weighted by molar-refractivity contribution is 0.0378. The summed E-state index contributed by atoms with van der Waals surface area (Å²) < 4.78 is 0. The molecule has 0 aromatic rings. The summed E-state index contributed by atoms with van der Waals surface area (Å²) >= 11 is 0. The molecule has 2 unspecified atom stereocenters. The Morgan fingerprint density at radius 3 is 2.44 bits per heavy atom. The number of nitrogens with zero attached hydrogens (tertiary/aromatic N) is 1. The molecule has 0 bridgehead atoms. The lowest BCUT2D eigenvalue weighted by Gasteiger charge is -2.49. The summed E-state index contributed by atoms with van der Waals surface area (Å²) in [6, 6.07) is 1.99. The molecule has 2 atom stereocenters. The minimum absolute atomic E-state index is 0.431. The van der Waals surface area contributed by atoms with Crippen molar-refractivity contribution in [1.29, 1.82) is 0 Å². The first-order chi connectivity index (χ1) is 7.44. The van der Waals surface area contributed by atoms with Gasteiger partial charge in [-0.3, -0.25) is 4.90 Å². The van der Waals surface area contributed by atoms with Gasteiger partial charge in [-0.05, 0) is 45.7 Å². The summed E-state index contributed by atoms with van der Waals surface area (Å²) in [6.45, 7) is 12.9. The number of hydrogen-bond acceptors (Lipinski definition) is 2. The first-order valence-electron chi connectivity index (χ1n) is 6.87. The van der Waals surface area contributed by atoms with Crippen molar-refractivity contribution in [3.05, 3.63) is 0 Å². The molecule has 1 aliphatic carbocycles. The van der Waals surface area contributed by atoms with Crippen LogP contribution in [-0.2, 0) is 0 Å². The topological polar surface area (TPSA) is 15.3 Å². The Kier molecular flexibility index (Phi) is 4.81. The van der Waals surface area contributed by atoms with Crippen molar-refractivity contribution in [2.75, 3.05) is 13.6 Å². The van der Waals surface area contributed by atoms with Crippen LogP contribution in [0.5, 0.6) is 0 Å². The van der Waals surface area contributed by atoms with Gasteiger partial charge in [0, 0.05) is 18.1 Å². The van der Waals surface area contributed by atoms with Gasteiger partial charge in [0.1, 0.15) is 0 Å². The molecule has 0 aromatic heterocycles. The van der Waals surface area contributed by atoms with E-state index in [2.05, 4.69) is 51.9 Å². The van der Waals surface area contributed by atoms with Crippen LogP contribution in [0.2, 0.25) is 0 Å². The van der Waals surface area contributed by atoms with E-state index >= 15 is 0 Å². The zero-order chi connectivity index (χ0) is 12.3. The lowest BCUT2D eigenvalue weighted by Crippen LogP contribution is -2.59. The molecule has 0 aromatic carbocycles. The molecule has 2 nitrogen and oxygen atoms in total. The Morgan fingerprint density at radius 1 is 1.38 bits per heavy atom. The van der Waals surface area contributed by atoms with E-state index in [9.17, 15) is 0 Å². The second-order valence-corrected chi connectivity index (χ2v) is 6.14. The molecule has 1 N–H and O–H groups in total. The SMILES string of the molecule is CCN(C(C)C)C1CCCC(C)(C)C1NC. The molecule has 1 rings (SSSR count). The van der Waals surface area contributed by atoms with Crippen LogP contribution in [0.3, 0.4) is 0 Å². The van der Waals surface area contributed by atoms with Gasteiger partial charge >= 0.3 is 0 Å². The predicted molar refractivity (Wildman–Crippen MR) is 71.8 cm³/mol. The summed E-state index contributed by atoms with van der Waals surface area (Å²) in [5.74, 6) is 0. The molecule has 0 heterocycles. The molecule has 1 fully saturated rings. The van der Waals surface area contributed by atoms with Crippen LogP contribution in [0.25, 0.3) is 0 Å². The van der Waals surface area contributed by atoms with Crippen LogP contribution < -0.4 is 5.32 Å². The Morgan fingerprint density at radius 2 is 2.00 bits per heavy atom. The maximum Gasteiger partial charge on any atom is 0.0271 e. The summed E-state index contributed by atoms with van der Waals surface area (Å²) in [5.41, 5.74) is 0.431. The molecule has 0 radical (unpaired) electrons. The van der Waals surface area contributed by atoms with Gasteiger partial charge in [0.2, 0.25) is 0 Å². The second kappa shape index (κ2) is 5.50. The largest absolute Gasteiger partial charge is 0.315 e. The van der Waals surface area contributed by atoms with E-state index in [1.54, 1.807) is 0 Å². The van der Waals surface area contributed by atoms with E-state index in [-0.39, 0.29) is 0 Å². The third-order valence-corrected chi connectivity index (χ3v) is 4.31. The van der Waals surface area contributed by atoms with Crippen molar-refractivity contribution >= 4 is 0 Å². The number of rotatable bonds is 4. The highest BCUT2D eigenvalue weighted by Gasteiger charge is 2.40. The molecule has 0 spiro atoms. The van der Waals surface area contributed by atoms with Gasteiger partial charge in [-0.1, -0.05) is 27.2 Å². The molecule has 1 saturated carbocycles. The van der Waals surface area contributed by atoms with E-state index in [0.717, 1.165) is 6.54 Å². The monoisotopic (exact) mass is 226 g/mol. The average Bonchev–Trinajstić information content (AvgIpc) is 2.17. The fourth-order valence-electron chi connectivity index (χ4n) is 3.53. The van der Waals surface area contributed by atoms with Crippen LogP contribution in [0.1, 0.15) is 53.9 Å². The Balaban J connectivity index is 2.84. The molecular weight excluding hydrogens is 196 g/mol. The van der Waals surface area contributed by atoms with Crippen molar-refractivity contribution in [2.24, 2.45) is 5.41 Å². The van der Waals surface area contributed by atoms with Crippen LogP contribution in [0.4, 0.5) is 0 Å². The molecule has 0 aliphatic heterocycles. The molecular formula is C14H30N2. The van der Waals surface area contributed by atoms with Gasteiger partial charge in [0.25, 0.3) is 0 Å². The third kappa shape index (κ3) is 2.78. The molecule has 2 heteroatoms. The standard InChI is InChI=1S/C14H30N2/c1-7-16(11(2)3)12-9-8-10-14(4,5)13(12)15-6/h11-13,15H,7-10H2,1-6H3. The minimum Gasteiger partial charge on any atom is -0.315 e. The lowest BCUT2D eigenvalue weighted by atomic mass is 9.70. The van der Waals surface area contributed by atoms with Crippen LogP contribution in [0.15, 0.2) is 0 Å². The van der Waals surface area contributed by atoms with Crippen molar-refractivity contribution in [2.45, 2.75) is 72.0 Å².